The molecule has 6 rings (SSSR count). The quantitative estimate of drug-likeness (QED) is 0.258. The number of halogens is 1. The molecule has 1 spiro atoms. The predicted molar refractivity (Wildman–Crippen MR) is 121 cm³/mol. The van der Waals surface area contributed by atoms with Crippen LogP contribution in [0.15, 0.2) is 91.0 Å². The fourth-order valence-electron chi connectivity index (χ4n) is 5.87. The predicted octanol–water partition coefficient (Wildman–Crippen LogP) is 7.34. The highest BCUT2D eigenvalue weighted by atomic mass is 35.5. The largest absolute Gasteiger partial charge is 0.0840 e. The zero-order chi connectivity index (χ0) is 19.8. The number of hydrogen-bond donors (Lipinski definition) is 0. The molecule has 29 heavy (non-hydrogen) atoms. The second-order valence-electron chi connectivity index (χ2n) is 8.67. The maximum Gasteiger partial charge on any atom is 0.0734 e. The average Bonchev–Trinajstić information content (AvgIpc) is 3.05. The van der Waals surface area contributed by atoms with Gasteiger partial charge in [0.25, 0.3) is 0 Å². The molecule has 140 valence electrons. The van der Waals surface area contributed by atoms with E-state index in [1.807, 2.05) is 6.07 Å². The molecule has 0 aromatic heterocycles. The first kappa shape index (κ1) is 17.1. The van der Waals surface area contributed by atoms with Crippen molar-refractivity contribution in [2.75, 3.05) is 0 Å². The zero-order valence-corrected chi connectivity index (χ0v) is 17.3. The molecule has 0 nitrogen and oxygen atoms in total. The van der Waals surface area contributed by atoms with Crippen LogP contribution in [0.2, 0.25) is 5.02 Å². The lowest BCUT2D eigenvalue weighted by Crippen LogP contribution is -2.40. The fourth-order valence-corrected chi connectivity index (χ4v) is 6.19. The van der Waals surface area contributed by atoms with Crippen molar-refractivity contribution in [1.82, 2.24) is 0 Å². The van der Waals surface area contributed by atoms with E-state index in [1.54, 1.807) is 0 Å². The van der Waals surface area contributed by atoms with Crippen LogP contribution in [0.4, 0.5) is 0 Å². The lowest BCUT2D eigenvalue weighted by atomic mass is 9.55. The van der Waals surface area contributed by atoms with Crippen LogP contribution in [0.1, 0.15) is 47.2 Å². The molecular weight excluding hydrogens is 372 g/mol. The number of fused-ring (bicyclic) bond motifs is 9. The van der Waals surface area contributed by atoms with Crippen LogP contribution in [0, 0.1) is 0 Å². The first-order valence-electron chi connectivity index (χ1n) is 10.2. The maximum absolute atomic E-state index is 6.99. The monoisotopic (exact) mass is 392 g/mol. The molecule has 0 heterocycles. The second kappa shape index (κ2) is 5.62. The molecule has 0 amide bonds. The van der Waals surface area contributed by atoms with Gasteiger partial charge in [-0.25, -0.2) is 0 Å². The Balaban J connectivity index is 1.91. The Morgan fingerprint density at radius 3 is 1.62 bits per heavy atom. The van der Waals surface area contributed by atoms with Gasteiger partial charge in [0.2, 0.25) is 0 Å². The molecule has 0 saturated carbocycles. The number of rotatable bonds is 0. The lowest BCUT2D eigenvalue weighted by Gasteiger charge is -2.46. The molecule has 4 aromatic carbocycles. The first-order chi connectivity index (χ1) is 14.1. The van der Waals surface area contributed by atoms with Crippen molar-refractivity contribution in [3.8, 4) is 11.1 Å². The third-order valence-electron chi connectivity index (χ3n) is 7.02. The van der Waals surface area contributed by atoms with Crippen molar-refractivity contribution in [2.24, 2.45) is 0 Å². The van der Waals surface area contributed by atoms with Gasteiger partial charge < -0.3 is 0 Å². The molecular formula is C28H21Cl. The Kier molecular flexibility index (Phi) is 3.30. The minimum absolute atomic E-state index is 0.0720. The zero-order valence-electron chi connectivity index (χ0n) is 16.5. The highest BCUT2D eigenvalue weighted by molar-refractivity contribution is 6.32. The summed E-state index contributed by atoms with van der Waals surface area (Å²) in [6.45, 7) is 4.68. The number of benzene rings is 4. The standard InChI is InChI=1S/C28H21Cl/c1-27(2)21-13-5-7-15-23(21)28(24-16-8-6-14-22(24)27)20-12-4-3-10-18(20)19-11-9-17-25(29)26(19)28/h3-17H,1-2H3. The molecule has 0 saturated heterocycles. The van der Waals surface area contributed by atoms with Crippen molar-refractivity contribution in [3.05, 3.63) is 129 Å². The van der Waals surface area contributed by atoms with Crippen molar-refractivity contribution in [2.45, 2.75) is 24.7 Å². The van der Waals surface area contributed by atoms with Gasteiger partial charge in [-0.05, 0) is 50.6 Å². The molecule has 0 unspecified atom stereocenters. The van der Waals surface area contributed by atoms with Crippen LogP contribution in [0.5, 0.6) is 0 Å². The van der Waals surface area contributed by atoms with Crippen molar-refractivity contribution >= 4 is 11.6 Å². The summed E-state index contributed by atoms with van der Waals surface area (Å²) in [7, 11) is 0. The first-order valence-corrected chi connectivity index (χ1v) is 10.5. The van der Waals surface area contributed by atoms with E-state index in [9.17, 15) is 0 Å². The third kappa shape index (κ3) is 1.91. The van der Waals surface area contributed by atoms with Gasteiger partial charge in [0.15, 0.2) is 0 Å². The Morgan fingerprint density at radius 2 is 1.00 bits per heavy atom. The summed E-state index contributed by atoms with van der Waals surface area (Å²) >= 11 is 6.99. The van der Waals surface area contributed by atoms with E-state index in [4.69, 9.17) is 11.6 Å². The normalized spacial score (nSPS) is 16.7. The smallest absolute Gasteiger partial charge is 0.0734 e. The third-order valence-corrected chi connectivity index (χ3v) is 7.33. The molecule has 0 fully saturated rings. The summed E-state index contributed by atoms with van der Waals surface area (Å²) in [5, 5.41) is 0.836. The van der Waals surface area contributed by atoms with E-state index in [0.29, 0.717) is 0 Å². The van der Waals surface area contributed by atoms with Crippen molar-refractivity contribution < 1.29 is 0 Å². The van der Waals surface area contributed by atoms with Crippen LogP contribution in [-0.4, -0.2) is 0 Å². The van der Waals surface area contributed by atoms with E-state index in [1.165, 1.54) is 44.5 Å². The number of hydrogen-bond acceptors (Lipinski definition) is 0. The molecule has 2 aliphatic carbocycles. The topological polar surface area (TPSA) is 0 Å². The van der Waals surface area contributed by atoms with Crippen LogP contribution in [-0.2, 0) is 10.8 Å². The van der Waals surface area contributed by atoms with Gasteiger partial charge in [-0.1, -0.05) is 110 Å². The van der Waals surface area contributed by atoms with Crippen LogP contribution >= 0.6 is 11.6 Å². The van der Waals surface area contributed by atoms with Gasteiger partial charge in [0.1, 0.15) is 0 Å². The molecule has 0 radical (unpaired) electrons. The SMILES string of the molecule is CC1(C)c2ccccc2C2(c3ccccc3-c3cccc(Cl)c32)c2ccccc21. The van der Waals surface area contributed by atoms with E-state index < -0.39 is 0 Å². The lowest BCUT2D eigenvalue weighted by molar-refractivity contribution is 0.563. The van der Waals surface area contributed by atoms with Gasteiger partial charge in [0.05, 0.1) is 5.41 Å². The average molecular weight is 393 g/mol. The Bertz CT molecular complexity index is 1250. The Morgan fingerprint density at radius 1 is 0.517 bits per heavy atom. The van der Waals surface area contributed by atoms with Gasteiger partial charge >= 0.3 is 0 Å². The molecule has 2 aliphatic rings. The summed E-state index contributed by atoms with van der Waals surface area (Å²) in [6, 6.07) is 33.0. The summed E-state index contributed by atoms with van der Waals surface area (Å²) in [6.07, 6.45) is 0. The molecule has 1 heteroatoms. The molecule has 0 atom stereocenters. The fraction of sp³-hybridized carbons (Fsp3) is 0.143. The van der Waals surface area contributed by atoms with E-state index in [2.05, 4.69) is 98.8 Å². The van der Waals surface area contributed by atoms with E-state index in [0.717, 1.165) is 5.02 Å². The van der Waals surface area contributed by atoms with Gasteiger partial charge in [0, 0.05) is 10.4 Å². The van der Waals surface area contributed by atoms with Gasteiger partial charge in [-0.15, -0.1) is 0 Å². The van der Waals surface area contributed by atoms with E-state index in [-0.39, 0.29) is 10.8 Å². The maximum atomic E-state index is 6.99. The minimum atomic E-state index is -0.382. The Labute approximate surface area is 176 Å². The molecule has 0 aliphatic heterocycles. The van der Waals surface area contributed by atoms with Crippen LogP contribution < -0.4 is 0 Å². The molecule has 0 N–H and O–H groups in total. The summed E-state index contributed by atoms with van der Waals surface area (Å²) in [5.74, 6) is 0. The van der Waals surface area contributed by atoms with Crippen LogP contribution in [0.3, 0.4) is 0 Å². The highest BCUT2D eigenvalue weighted by Gasteiger charge is 2.53. The summed E-state index contributed by atoms with van der Waals surface area (Å²) in [4.78, 5) is 0. The molecule has 0 bridgehead atoms. The highest BCUT2D eigenvalue weighted by Crippen LogP contribution is 2.63. The van der Waals surface area contributed by atoms with E-state index >= 15 is 0 Å². The van der Waals surface area contributed by atoms with Crippen molar-refractivity contribution in [3.63, 3.8) is 0 Å². The van der Waals surface area contributed by atoms with Crippen molar-refractivity contribution in [1.29, 1.82) is 0 Å². The summed E-state index contributed by atoms with van der Waals surface area (Å²) < 4.78 is 0. The van der Waals surface area contributed by atoms with Gasteiger partial charge in [-0.2, -0.15) is 0 Å². The van der Waals surface area contributed by atoms with Gasteiger partial charge in [-0.3, -0.25) is 0 Å². The minimum Gasteiger partial charge on any atom is -0.0840 e. The molecule has 4 aromatic rings. The second-order valence-corrected chi connectivity index (χ2v) is 9.08. The van der Waals surface area contributed by atoms with Crippen LogP contribution in [0.25, 0.3) is 11.1 Å². The summed E-state index contributed by atoms with van der Waals surface area (Å²) in [5.41, 5.74) is 10.1. The Hall–Kier alpha value is -2.83.